The number of carbonyl (C=O) groups is 2. The van der Waals surface area contributed by atoms with E-state index in [0.717, 1.165) is 0 Å². The number of hydrogen-bond acceptors (Lipinski definition) is 5. The topological polar surface area (TPSA) is 70.7 Å². The number of rotatable bonds is 6. The van der Waals surface area contributed by atoms with Crippen molar-refractivity contribution in [3.63, 3.8) is 0 Å². The van der Waals surface area contributed by atoms with E-state index in [1.54, 1.807) is 35.7 Å². The molecule has 1 saturated heterocycles. The van der Waals surface area contributed by atoms with Crippen LogP contribution in [0.4, 0.5) is 17.1 Å². The van der Waals surface area contributed by atoms with Crippen LogP contribution in [-0.4, -0.2) is 38.1 Å². The van der Waals surface area contributed by atoms with E-state index in [-0.39, 0.29) is 11.4 Å². The van der Waals surface area contributed by atoms with Crippen molar-refractivity contribution in [1.82, 2.24) is 0 Å². The SMILES string of the molecule is O=C(Nc1ccc(Cl)cc1)c1cc(Cl)cc(N2CCOCC2)c1NC(=O)c1scc(CCl)c1Cl. The quantitative estimate of drug-likeness (QED) is 0.327. The van der Waals surface area contributed by atoms with Crippen LogP contribution in [0.3, 0.4) is 0 Å². The van der Waals surface area contributed by atoms with E-state index < -0.39 is 11.8 Å². The van der Waals surface area contributed by atoms with E-state index in [9.17, 15) is 9.59 Å². The third-order valence-electron chi connectivity index (χ3n) is 5.17. The van der Waals surface area contributed by atoms with Crippen LogP contribution in [0, 0.1) is 0 Å². The average Bonchev–Trinajstić information content (AvgIpc) is 3.22. The number of hydrogen-bond donors (Lipinski definition) is 2. The molecule has 178 valence electrons. The van der Waals surface area contributed by atoms with Gasteiger partial charge in [-0.15, -0.1) is 22.9 Å². The van der Waals surface area contributed by atoms with Gasteiger partial charge in [0.1, 0.15) is 4.88 Å². The number of nitrogens with one attached hydrogen (secondary N) is 2. The molecule has 0 spiro atoms. The Balaban J connectivity index is 1.74. The summed E-state index contributed by atoms with van der Waals surface area (Å²) in [4.78, 5) is 28.8. The number of halogens is 4. The first-order valence-corrected chi connectivity index (χ1v) is 12.8. The predicted octanol–water partition coefficient (Wildman–Crippen LogP) is 6.79. The molecule has 6 nitrogen and oxygen atoms in total. The van der Waals surface area contributed by atoms with Crippen molar-refractivity contribution in [3.8, 4) is 0 Å². The predicted molar refractivity (Wildman–Crippen MR) is 141 cm³/mol. The van der Waals surface area contributed by atoms with E-state index >= 15 is 0 Å². The van der Waals surface area contributed by atoms with E-state index in [0.29, 0.717) is 68.9 Å². The van der Waals surface area contributed by atoms with Crippen molar-refractivity contribution < 1.29 is 14.3 Å². The molecule has 11 heteroatoms. The third-order valence-corrected chi connectivity index (χ3v) is 7.50. The molecular weight excluding hydrogens is 540 g/mol. The number of ether oxygens (including phenoxy) is 1. The van der Waals surface area contributed by atoms with Gasteiger partial charge in [0.05, 0.1) is 35.2 Å². The van der Waals surface area contributed by atoms with Gasteiger partial charge in [0, 0.05) is 34.7 Å². The molecule has 2 amide bonds. The van der Waals surface area contributed by atoms with Crippen LogP contribution in [0.15, 0.2) is 41.8 Å². The minimum Gasteiger partial charge on any atom is -0.378 e. The van der Waals surface area contributed by atoms with Crippen LogP contribution in [-0.2, 0) is 10.6 Å². The standard InChI is InChI=1S/C23H19Cl4N3O3S/c24-11-13-12-34-21(19(13)27)23(32)29-20-17(22(31)28-16-3-1-14(25)2-4-16)9-15(26)10-18(20)30-5-7-33-8-6-30/h1-4,9-10,12H,5-8,11H2,(H,28,31)(H,29,32). The maximum atomic E-state index is 13.3. The second kappa shape index (κ2) is 11.2. The lowest BCUT2D eigenvalue weighted by Gasteiger charge is -2.31. The Morgan fingerprint density at radius 3 is 2.32 bits per heavy atom. The van der Waals surface area contributed by atoms with Crippen molar-refractivity contribution in [2.24, 2.45) is 0 Å². The zero-order valence-corrected chi connectivity index (χ0v) is 21.5. The van der Waals surface area contributed by atoms with Gasteiger partial charge in [-0.2, -0.15) is 0 Å². The van der Waals surface area contributed by atoms with Crippen LogP contribution in [0.5, 0.6) is 0 Å². The van der Waals surface area contributed by atoms with Gasteiger partial charge >= 0.3 is 0 Å². The van der Waals surface area contributed by atoms with Gasteiger partial charge in [-0.05, 0) is 47.3 Å². The second-order valence-corrected chi connectivity index (χ2v) is 9.80. The summed E-state index contributed by atoms with van der Waals surface area (Å²) in [7, 11) is 0. The molecular formula is C23H19Cl4N3O3S. The molecule has 2 N–H and O–H groups in total. The zero-order chi connectivity index (χ0) is 24.2. The van der Waals surface area contributed by atoms with Crippen LogP contribution >= 0.6 is 57.7 Å². The number of thiophene rings is 1. The fraction of sp³-hybridized carbons (Fsp3) is 0.217. The number of morpholine rings is 1. The molecule has 1 fully saturated rings. The fourth-order valence-corrected chi connectivity index (χ4v) is 5.45. The lowest BCUT2D eigenvalue weighted by molar-refractivity contribution is 0.102. The number of nitrogens with zero attached hydrogens (tertiary/aromatic N) is 1. The molecule has 0 saturated carbocycles. The molecule has 4 rings (SSSR count). The normalized spacial score (nSPS) is 13.6. The summed E-state index contributed by atoms with van der Waals surface area (Å²) in [6.07, 6.45) is 0. The van der Waals surface area contributed by atoms with Gasteiger partial charge in [0.15, 0.2) is 0 Å². The molecule has 1 aliphatic heterocycles. The van der Waals surface area contributed by atoms with E-state index in [1.807, 2.05) is 4.90 Å². The Kier molecular flexibility index (Phi) is 8.24. The Morgan fingerprint density at radius 2 is 1.68 bits per heavy atom. The van der Waals surface area contributed by atoms with E-state index in [2.05, 4.69) is 10.6 Å². The molecule has 0 unspecified atom stereocenters. The first kappa shape index (κ1) is 25.1. The van der Waals surface area contributed by atoms with Gasteiger partial charge in [0.2, 0.25) is 0 Å². The van der Waals surface area contributed by atoms with Gasteiger partial charge in [-0.1, -0.05) is 34.8 Å². The molecule has 0 aliphatic carbocycles. The van der Waals surface area contributed by atoms with Gasteiger partial charge in [-0.3, -0.25) is 9.59 Å². The summed E-state index contributed by atoms with van der Waals surface area (Å²) in [5, 5.41) is 8.67. The molecule has 0 bridgehead atoms. The second-order valence-electron chi connectivity index (χ2n) is 7.40. The zero-order valence-electron chi connectivity index (χ0n) is 17.7. The summed E-state index contributed by atoms with van der Waals surface area (Å²) in [6, 6.07) is 9.96. The van der Waals surface area contributed by atoms with Crippen molar-refractivity contribution >= 4 is 86.6 Å². The lowest BCUT2D eigenvalue weighted by Crippen LogP contribution is -2.37. The Hall–Kier alpha value is -2.00. The minimum absolute atomic E-state index is 0.192. The van der Waals surface area contributed by atoms with Crippen molar-refractivity contribution in [1.29, 1.82) is 0 Å². The van der Waals surface area contributed by atoms with Crippen LogP contribution in [0.25, 0.3) is 0 Å². The van der Waals surface area contributed by atoms with Gasteiger partial charge < -0.3 is 20.3 Å². The number of benzene rings is 2. The molecule has 2 aromatic carbocycles. The average molecular weight is 559 g/mol. The number of alkyl halides is 1. The smallest absolute Gasteiger partial charge is 0.267 e. The Morgan fingerprint density at radius 1 is 0.971 bits per heavy atom. The molecule has 1 aliphatic rings. The number of amides is 2. The third kappa shape index (κ3) is 5.62. The maximum Gasteiger partial charge on any atom is 0.267 e. The van der Waals surface area contributed by atoms with Crippen LogP contribution < -0.4 is 15.5 Å². The summed E-state index contributed by atoms with van der Waals surface area (Å²) < 4.78 is 5.46. The van der Waals surface area contributed by atoms with Gasteiger partial charge in [-0.25, -0.2) is 0 Å². The summed E-state index contributed by atoms with van der Waals surface area (Å²) >= 11 is 25.8. The van der Waals surface area contributed by atoms with Crippen molar-refractivity contribution in [2.75, 3.05) is 41.8 Å². The maximum absolute atomic E-state index is 13.3. The van der Waals surface area contributed by atoms with E-state index in [4.69, 9.17) is 51.1 Å². The highest BCUT2D eigenvalue weighted by Gasteiger charge is 2.25. The Bertz CT molecular complexity index is 1210. The van der Waals surface area contributed by atoms with Crippen LogP contribution in [0.1, 0.15) is 25.6 Å². The fourth-order valence-electron chi connectivity index (χ4n) is 3.48. The monoisotopic (exact) mass is 557 g/mol. The molecule has 0 radical (unpaired) electrons. The first-order chi connectivity index (χ1) is 16.4. The van der Waals surface area contributed by atoms with E-state index in [1.165, 1.54) is 17.4 Å². The van der Waals surface area contributed by atoms with Crippen molar-refractivity contribution in [2.45, 2.75) is 5.88 Å². The highest BCUT2D eigenvalue weighted by atomic mass is 35.5. The largest absolute Gasteiger partial charge is 0.378 e. The number of carbonyl (C=O) groups excluding carboxylic acids is 2. The molecule has 1 aromatic heterocycles. The van der Waals surface area contributed by atoms with Crippen LogP contribution in [0.2, 0.25) is 15.1 Å². The molecule has 34 heavy (non-hydrogen) atoms. The molecule has 0 atom stereocenters. The highest BCUT2D eigenvalue weighted by molar-refractivity contribution is 7.13. The lowest BCUT2D eigenvalue weighted by atomic mass is 10.1. The molecule has 2 heterocycles. The number of anilines is 3. The molecule has 3 aromatic rings. The minimum atomic E-state index is -0.441. The van der Waals surface area contributed by atoms with Gasteiger partial charge in [0.25, 0.3) is 11.8 Å². The highest BCUT2D eigenvalue weighted by Crippen LogP contribution is 2.36. The first-order valence-electron chi connectivity index (χ1n) is 10.2. The summed E-state index contributed by atoms with van der Waals surface area (Å²) in [5.41, 5.74) is 2.38. The summed E-state index contributed by atoms with van der Waals surface area (Å²) in [6.45, 7) is 2.19. The summed E-state index contributed by atoms with van der Waals surface area (Å²) in [5.74, 6) is -0.686. The Labute approximate surface area is 220 Å². The van der Waals surface area contributed by atoms with Crippen molar-refractivity contribution in [3.05, 3.63) is 72.9 Å².